The lowest BCUT2D eigenvalue weighted by Crippen LogP contribution is -2.37. The molecule has 114 valence electrons. The zero-order valence-corrected chi connectivity index (χ0v) is 12.5. The van der Waals surface area contributed by atoms with E-state index >= 15 is 0 Å². The smallest absolute Gasteiger partial charge is 0.0991 e. The van der Waals surface area contributed by atoms with Gasteiger partial charge in [0, 0.05) is 39.0 Å². The number of hydrogen-bond donors (Lipinski definition) is 1. The summed E-state index contributed by atoms with van der Waals surface area (Å²) >= 11 is 0. The van der Waals surface area contributed by atoms with Crippen LogP contribution < -0.4 is 4.90 Å². The van der Waals surface area contributed by atoms with E-state index in [-0.39, 0.29) is 0 Å². The summed E-state index contributed by atoms with van der Waals surface area (Å²) in [6.07, 6.45) is 0.649. The van der Waals surface area contributed by atoms with Crippen LogP contribution in [0.5, 0.6) is 0 Å². The van der Waals surface area contributed by atoms with Crippen molar-refractivity contribution in [2.24, 2.45) is 0 Å². The summed E-state index contributed by atoms with van der Waals surface area (Å²) < 4.78 is 4.98. The Kier molecular flexibility index (Phi) is 6.00. The zero-order valence-electron chi connectivity index (χ0n) is 12.5. The second-order valence-corrected chi connectivity index (χ2v) is 5.41. The molecule has 0 aliphatic carbocycles. The minimum atomic E-state index is -0.420. The highest BCUT2D eigenvalue weighted by molar-refractivity contribution is 5.49. The molecule has 1 N–H and O–H groups in total. The quantitative estimate of drug-likeness (QED) is 0.879. The Morgan fingerprint density at radius 2 is 2.00 bits per heavy atom. The molecule has 5 nitrogen and oxygen atoms in total. The maximum absolute atomic E-state index is 9.82. The maximum Gasteiger partial charge on any atom is 0.0991 e. The predicted octanol–water partition coefficient (Wildman–Crippen LogP) is 1.08. The molecule has 0 spiro atoms. The van der Waals surface area contributed by atoms with Crippen LogP contribution >= 0.6 is 0 Å². The van der Waals surface area contributed by atoms with Crippen molar-refractivity contribution in [1.29, 1.82) is 5.26 Å². The minimum absolute atomic E-state index is 0.385. The molecule has 0 amide bonds. The monoisotopic (exact) mass is 289 g/mol. The number of rotatable bonds is 5. The Labute approximate surface area is 126 Å². The van der Waals surface area contributed by atoms with Crippen molar-refractivity contribution in [2.45, 2.75) is 12.5 Å². The first-order valence-electron chi connectivity index (χ1n) is 7.37. The van der Waals surface area contributed by atoms with Gasteiger partial charge < -0.3 is 14.7 Å². The highest BCUT2D eigenvalue weighted by Gasteiger charge is 2.17. The van der Waals surface area contributed by atoms with E-state index in [1.54, 1.807) is 7.11 Å². The number of benzene rings is 1. The fourth-order valence-electron chi connectivity index (χ4n) is 2.70. The average molecular weight is 289 g/mol. The van der Waals surface area contributed by atoms with E-state index in [0.717, 1.165) is 38.3 Å². The molecule has 1 fully saturated rings. The third kappa shape index (κ3) is 4.71. The summed E-state index contributed by atoms with van der Waals surface area (Å²) in [4.78, 5) is 4.62. The van der Waals surface area contributed by atoms with Gasteiger partial charge in [-0.05, 0) is 37.2 Å². The molecular weight excluding hydrogens is 266 g/mol. The van der Waals surface area contributed by atoms with Crippen LogP contribution in [-0.2, 0) is 4.74 Å². The van der Waals surface area contributed by atoms with E-state index in [9.17, 15) is 5.11 Å². The Bertz CT molecular complexity index is 469. The lowest BCUT2D eigenvalue weighted by atomic mass is 10.2. The molecule has 5 heteroatoms. The predicted molar refractivity (Wildman–Crippen MR) is 82.3 cm³/mol. The molecule has 1 heterocycles. The first kappa shape index (κ1) is 15.8. The lowest BCUT2D eigenvalue weighted by molar-refractivity contribution is 0.0392. The van der Waals surface area contributed by atoms with Gasteiger partial charge in [0.1, 0.15) is 0 Å². The molecule has 1 aromatic rings. The van der Waals surface area contributed by atoms with Gasteiger partial charge >= 0.3 is 0 Å². The van der Waals surface area contributed by atoms with Gasteiger partial charge in [-0.2, -0.15) is 5.26 Å². The van der Waals surface area contributed by atoms with E-state index in [1.165, 1.54) is 0 Å². The normalized spacial score (nSPS) is 18.0. The van der Waals surface area contributed by atoms with Crippen molar-refractivity contribution < 1.29 is 9.84 Å². The molecule has 0 aromatic heterocycles. The van der Waals surface area contributed by atoms with E-state index in [4.69, 9.17) is 10.00 Å². The summed E-state index contributed by atoms with van der Waals surface area (Å²) in [7, 11) is 1.61. The number of aliphatic hydroxyl groups is 1. The van der Waals surface area contributed by atoms with E-state index in [1.807, 2.05) is 24.3 Å². The first-order valence-corrected chi connectivity index (χ1v) is 7.37. The van der Waals surface area contributed by atoms with Crippen LogP contribution in [0.2, 0.25) is 0 Å². The molecule has 1 aliphatic rings. The van der Waals surface area contributed by atoms with Gasteiger partial charge in [0.25, 0.3) is 0 Å². The number of hydrogen-bond acceptors (Lipinski definition) is 5. The molecule has 0 bridgehead atoms. The highest BCUT2D eigenvalue weighted by Crippen LogP contribution is 2.17. The molecule has 1 aromatic carbocycles. The van der Waals surface area contributed by atoms with Gasteiger partial charge in [0.15, 0.2) is 0 Å². The van der Waals surface area contributed by atoms with Gasteiger partial charge in [0.2, 0.25) is 0 Å². The molecule has 0 unspecified atom stereocenters. The average Bonchev–Trinajstić information content (AvgIpc) is 2.73. The number of nitriles is 1. The lowest BCUT2D eigenvalue weighted by Gasteiger charge is -2.24. The van der Waals surface area contributed by atoms with E-state index in [0.29, 0.717) is 18.7 Å². The van der Waals surface area contributed by atoms with Crippen molar-refractivity contribution >= 4 is 5.69 Å². The van der Waals surface area contributed by atoms with Crippen molar-refractivity contribution in [1.82, 2.24) is 4.90 Å². The van der Waals surface area contributed by atoms with Crippen LogP contribution in [0.3, 0.4) is 0 Å². The summed E-state index contributed by atoms with van der Waals surface area (Å²) in [5.74, 6) is 0. The zero-order chi connectivity index (χ0) is 15.1. The fraction of sp³-hybridized carbons (Fsp3) is 0.562. The van der Waals surface area contributed by atoms with Crippen LogP contribution in [0.15, 0.2) is 24.3 Å². The molecule has 1 aliphatic heterocycles. The molecule has 21 heavy (non-hydrogen) atoms. The molecule has 1 saturated heterocycles. The van der Waals surface area contributed by atoms with E-state index < -0.39 is 6.10 Å². The Morgan fingerprint density at radius 1 is 1.24 bits per heavy atom. The van der Waals surface area contributed by atoms with Crippen LogP contribution in [0.4, 0.5) is 5.69 Å². The maximum atomic E-state index is 9.82. The van der Waals surface area contributed by atoms with Crippen LogP contribution in [0.25, 0.3) is 0 Å². The molecule has 2 rings (SSSR count). The number of aliphatic hydroxyl groups excluding tert-OH is 1. The second kappa shape index (κ2) is 7.99. The van der Waals surface area contributed by atoms with Gasteiger partial charge in [-0.15, -0.1) is 0 Å². The fourth-order valence-corrected chi connectivity index (χ4v) is 2.70. The standard InChI is InChI=1S/C16H23N3O2/c1-21-13-16(20)12-18-7-2-8-19(10-9-18)15-5-3-14(11-17)4-6-15/h3-6,16,20H,2,7-10,12-13H2,1H3/t16-/m0/s1. The molecular formula is C16H23N3O2. The van der Waals surface area contributed by atoms with Crippen molar-refractivity contribution in [3.05, 3.63) is 29.8 Å². The number of nitrogens with zero attached hydrogens (tertiary/aromatic N) is 3. The van der Waals surface area contributed by atoms with E-state index in [2.05, 4.69) is 15.9 Å². The highest BCUT2D eigenvalue weighted by atomic mass is 16.5. The number of ether oxygens (including phenoxy) is 1. The second-order valence-electron chi connectivity index (χ2n) is 5.41. The molecule has 1 atom stereocenters. The third-order valence-corrected chi connectivity index (χ3v) is 3.78. The van der Waals surface area contributed by atoms with Crippen molar-refractivity contribution in [2.75, 3.05) is 51.3 Å². The van der Waals surface area contributed by atoms with Crippen LogP contribution in [-0.4, -0.2) is 62.6 Å². The number of β-amino-alcohol motifs (C(OH)–C–C–N with tert-alkyl or cyclic N) is 1. The number of anilines is 1. The largest absolute Gasteiger partial charge is 0.389 e. The molecule has 0 radical (unpaired) electrons. The van der Waals surface area contributed by atoms with Gasteiger partial charge in [-0.3, -0.25) is 4.90 Å². The first-order chi connectivity index (χ1) is 10.2. The Hall–Kier alpha value is -1.61. The topological polar surface area (TPSA) is 59.7 Å². The summed E-state index contributed by atoms with van der Waals surface area (Å²) in [6, 6.07) is 9.88. The summed E-state index contributed by atoms with van der Waals surface area (Å²) in [6.45, 7) is 4.91. The summed E-state index contributed by atoms with van der Waals surface area (Å²) in [5, 5.41) is 18.7. The van der Waals surface area contributed by atoms with Gasteiger partial charge in [0.05, 0.1) is 24.3 Å². The van der Waals surface area contributed by atoms with Crippen LogP contribution in [0, 0.1) is 11.3 Å². The number of methoxy groups -OCH3 is 1. The van der Waals surface area contributed by atoms with Gasteiger partial charge in [-0.25, -0.2) is 0 Å². The van der Waals surface area contributed by atoms with Gasteiger partial charge in [-0.1, -0.05) is 0 Å². The van der Waals surface area contributed by atoms with Crippen LogP contribution in [0.1, 0.15) is 12.0 Å². The third-order valence-electron chi connectivity index (χ3n) is 3.78. The Morgan fingerprint density at radius 3 is 2.67 bits per heavy atom. The SMILES string of the molecule is COC[C@@H](O)CN1CCCN(c2ccc(C#N)cc2)CC1. The summed E-state index contributed by atoms with van der Waals surface area (Å²) in [5.41, 5.74) is 1.85. The molecule has 0 saturated carbocycles. The van der Waals surface area contributed by atoms with Crippen molar-refractivity contribution in [3.63, 3.8) is 0 Å². The Balaban J connectivity index is 1.89. The van der Waals surface area contributed by atoms with Crippen molar-refractivity contribution in [3.8, 4) is 6.07 Å². The minimum Gasteiger partial charge on any atom is -0.389 e.